The van der Waals surface area contributed by atoms with Crippen LogP contribution in [-0.4, -0.2) is 11.9 Å². The predicted molar refractivity (Wildman–Crippen MR) is 91.7 cm³/mol. The molecule has 0 amide bonds. The summed E-state index contributed by atoms with van der Waals surface area (Å²) in [6, 6.07) is 0. The molecule has 2 atom stereocenters. The molecule has 0 heterocycles. The Kier molecular flexibility index (Phi) is 6.21. The number of esters is 2. The summed E-state index contributed by atoms with van der Waals surface area (Å²) in [7, 11) is 0. The zero-order chi connectivity index (χ0) is 21.4. The summed E-state index contributed by atoms with van der Waals surface area (Å²) in [6.07, 6.45) is 1.91. The SMILES string of the molecule is CC(=O)OCc1c(F)c(F)c(COC(=O)[C@@H]2[C@@H](C=C(C)C)C2(C)C)c(F)c1F. The normalized spacial score (nSPS) is 19.8. The lowest BCUT2D eigenvalue weighted by Gasteiger charge is -2.12. The maximum Gasteiger partial charge on any atom is 0.310 e. The van der Waals surface area contributed by atoms with Gasteiger partial charge >= 0.3 is 11.9 Å². The van der Waals surface area contributed by atoms with Crippen LogP contribution in [0, 0.1) is 40.5 Å². The van der Waals surface area contributed by atoms with Crippen LogP contribution in [0.4, 0.5) is 17.6 Å². The second-order valence-electron chi connectivity index (χ2n) is 7.67. The Balaban J connectivity index is 2.18. The van der Waals surface area contributed by atoms with Gasteiger partial charge in [0.15, 0.2) is 23.3 Å². The molecule has 0 spiro atoms. The first-order chi connectivity index (χ1) is 12.9. The zero-order valence-corrected chi connectivity index (χ0v) is 16.3. The Morgan fingerprint density at radius 2 is 1.32 bits per heavy atom. The smallest absolute Gasteiger partial charge is 0.310 e. The standard InChI is InChI=1S/C20H22F4O4/c1-9(2)6-13-14(20(13,4)5)19(26)28-8-12-17(23)15(21)11(7-27-10(3)25)16(22)18(12)24/h6,13-14H,7-8H2,1-5H3/t13-,14+/m1/s1. The number of rotatable bonds is 6. The highest BCUT2D eigenvalue weighted by molar-refractivity contribution is 5.78. The first kappa shape index (κ1) is 21.9. The minimum atomic E-state index is -1.69. The minimum Gasteiger partial charge on any atom is -0.461 e. The first-order valence-electron chi connectivity index (χ1n) is 8.68. The lowest BCUT2D eigenvalue weighted by atomic mass is 10.1. The summed E-state index contributed by atoms with van der Waals surface area (Å²) in [5.74, 6) is -8.92. The fourth-order valence-corrected chi connectivity index (χ4v) is 3.18. The number of ether oxygens (including phenoxy) is 2. The van der Waals surface area contributed by atoms with Gasteiger partial charge in [-0.25, -0.2) is 17.6 Å². The van der Waals surface area contributed by atoms with Gasteiger partial charge in [-0.15, -0.1) is 0 Å². The second kappa shape index (κ2) is 7.93. The molecule has 0 saturated heterocycles. The highest BCUT2D eigenvalue weighted by Crippen LogP contribution is 2.59. The third kappa shape index (κ3) is 4.20. The first-order valence-corrected chi connectivity index (χ1v) is 8.68. The molecule has 1 aromatic rings. The third-order valence-corrected chi connectivity index (χ3v) is 4.90. The predicted octanol–water partition coefficient (Wildman–Crippen LogP) is 4.59. The van der Waals surface area contributed by atoms with E-state index in [-0.39, 0.29) is 11.3 Å². The van der Waals surface area contributed by atoms with Gasteiger partial charge in [0, 0.05) is 6.92 Å². The molecule has 28 heavy (non-hydrogen) atoms. The van der Waals surface area contributed by atoms with Gasteiger partial charge in [0.2, 0.25) is 0 Å². The summed E-state index contributed by atoms with van der Waals surface area (Å²) < 4.78 is 65.8. The maximum absolute atomic E-state index is 14.2. The summed E-state index contributed by atoms with van der Waals surface area (Å²) in [5.41, 5.74) is -1.45. The average Bonchev–Trinajstić information content (AvgIpc) is 3.12. The molecule has 1 aliphatic rings. The van der Waals surface area contributed by atoms with E-state index < -0.39 is 65.5 Å². The molecule has 0 bridgehead atoms. The molecule has 1 aliphatic carbocycles. The van der Waals surface area contributed by atoms with Crippen LogP contribution in [0.3, 0.4) is 0 Å². The molecule has 0 unspecified atom stereocenters. The number of benzene rings is 1. The molecule has 1 aromatic carbocycles. The molecule has 1 saturated carbocycles. The van der Waals surface area contributed by atoms with Crippen LogP contribution in [-0.2, 0) is 32.3 Å². The summed E-state index contributed by atoms with van der Waals surface area (Å²) in [4.78, 5) is 23.0. The second-order valence-corrected chi connectivity index (χ2v) is 7.67. The fourth-order valence-electron chi connectivity index (χ4n) is 3.18. The van der Waals surface area contributed by atoms with Crippen molar-refractivity contribution >= 4 is 11.9 Å². The topological polar surface area (TPSA) is 52.6 Å². The molecule has 154 valence electrons. The van der Waals surface area contributed by atoms with Crippen LogP contribution in [0.25, 0.3) is 0 Å². The van der Waals surface area contributed by atoms with E-state index in [9.17, 15) is 27.2 Å². The van der Waals surface area contributed by atoms with Gasteiger partial charge in [-0.05, 0) is 25.2 Å². The molecule has 1 fully saturated rings. The van der Waals surface area contributed by atoms with E-state index in [2.05, 4.69) is 4.74 Å². The lowest BCUT2D eigenvalue weighted by molar-refractivity contribution is -0.148. The number of halogens is 4. The number of carbonyl (C=O) groups excluding carboxylic acids is 2. The van der Waals surface area contributed by atoms with Crippen molar-refractivity contribution in [3.05, 3.63) is 46.0 Å². The van der Waals surface area contributed by atoms with E-state index in [1.807, 2.05) is 33.8 Å². The van der Waals surface area contributed by atoms with Crippen molar-refractivity contribution in [2.24, 2.45) is 17.3 Å². The average molecular weight is 402 g/mol. The molecule has 2 rings (SSSR count). The van der Waals surface area contributed by atoms with Gasteiger partial charge in [0.1, 0.15) is 13.2 Å². The van der Waals surface area contributed by atoms with E-state index in [1.54, 1.807) is 0 Å². The molecule has 8 heteroatoms. The molecule has 0 N–H and O–H groups in total. The van der Waals surface area contributed by atoms with E-state index >= 15 is 0 Å². The third-order valence-electron chi connectivity index (χ3n) is 4.90. The van der Waals surface area contributed by atoms with E-state index in [1.165, 1.54) is 0 Å². The van der Waals surface area contributed by atoms with E-state index in [0.29, 0.717) is 0 Å². The van der Waals surface area contributed by atoms with Gasteiger partial charge in [0.25, 0.3) is 0 Å². The van der Waals surface area contributed by atoms with Crippen LogP contribution in [0.2, 0.25) is 0 Å². The van der Waals surface area contributed by atoms with Crippen molar-refractivity contribution in [2.45, 2.75) is 47.8 Å². The molecular formula is C20H22F4O4. The molecular weight excluding hydrogens is 380 g/mol. The number of allylic oxidation sites excluding steroid dienone is 2. The van der Waals surface area contributed by atoms with Gasteiger partial charge in [-0.1, -0.05) is 25.5 Å². The minimum absolute atomic E-state index is 0.0840. The fraction of sp³-hybridized carbons (Fsp3) is 0.500. The van der Waals surface area contributed by atoms with Crippen LogP contribution in [0.1, 0.15) is 45.7 Å². The summed E-state index contributed by atoms with van der Waals surface area (Å²) in [5, 5.41) is 0. The van der Waals surface area contributed by atoms with Crippen molar-refractivity contribution in [3.8, 4) is 0 Å². The monoisotopic (exact) mass is 402 g/mol. The number of hydrogen-bond donors (Lipinski definition) is 0. The van der Waals surface area contributed by atoms with Gasteiger partial charge < -0.3 is 9.47 Å². The van der Waals surface area contributed by atoms with Crippen molar-refractivity contribution in [2.75, 3.05) is 0 Å². The van der Waals surface area contributed by atoms with E-state index in [4.69, 9.17) is 4.74 Å². The Morgan fingerprint density at radius 3 is 1.71 bits per heavy atom. The molecule has 0 aromatic heterocycles. The van der Waals surface area contributed by atoms with Crippen molar-refractivity contribution in [1.82, 2.24) is 0 Å². The van der Waals surface area contributed by atoms with Crippen molar-refractivity contribution in [1.29, 1.82) is 0 Å². The van der Waals surface area contributed by atoms with Gasteiger partial charge in [-0.3, -0.25) is 9.59 Å². The highest BCUT2D eigenvalue weighted by atomic mass is 19.2. The van der Waals surface area contributed by atoms with Crippen LogP contribution in [0.5, 0.6) is 0 Å². The van der Waals surface area contributed by atoms with Crippen LogP contribution in [0.15, 0.2) is 11.6 Å². The van der Waals surface area contributed by atoms with Crippen LogP contribution < -0.4 is 0 Å². The Morgan fingerprint density at radius 1 is 0.893 bits per heavy atom. The zero-order valence-electron chi connectivity index (χ0n) is 16.3. The molecule has 4 nitrogen and oxygen atoms in total. The van der Waals surface area contributed by atoms with Crippen molar-refractivity contribution in [3.63, 3.8) is 0 Å². The van der Waals surface area contributed by atoms with Crippen LogP contribution >= 0.6 is 0 Å². The summed E-state index contributed by atoms with van der Waals surface area (Å²) in [6.45, 7) is 6.54. The van der Waals surface area contributed by atoms with Gasteiger partial charge in [-0.2, -0.15) is 0 Å². The molecule has 0 radical (unpaired) electrons. The lowest BCUT2D eigenvalue weighted by Crippen LogP contribution is -2.15. The quantitative estimate of drug-likeness (QED) is 0.302. The number of carbonyl (C=O) groups is 2. The number of hydrogen-bond acceptors (Lipinski definition) is 4. The Labute approximate surface area is 160 Å². The highest BCUT2D eigenvalue weighted by Gasteiger charge is 2.61. The summed E-state index contributed by atoms with van der Waals surface area (Å²) >= 11 is 0. The Bertz CT molecular complexity index is 812. The van der Waals surface area contributed by atoms with Crippen molar-refractivity contribution < 1.29 is 36.6 Å². The molecule has 0 aliphatic heterocycles. The largest absolute Gasteiger partial charge is 0.461 e. The van der Waals surface area contributed by atoms with Gasteiger partial charge in [0.05, 0.1) is 17.0 Å². The maximum atomic E-state index is 14.2. The van der Waals surface area contributed by atoms with E-state index in [0.717, 1.165) is 12.5 Å². The Hall–Kier alpha value is -2.38.